The summed E-state index contributed by atoms with van der Waals surface area (Å²) in [6.07, 6.45) is 0.130. The highest BCUT2D eigenvalue weighted by Crippen LogP contribution is 2.28. The van der Waals surface area contributed by atoms with Crippen LogP contribution in [0.4, 0.5) is 5.88 Å². The van der Waals surface area contributed by atoms with Gasteiger partial charge in [0, 0.05) is 19.0 Å². The van der Waals surface area contributed by atoms with Crippen molar-refractivity contribution in [3.05, 3.63) is 16.9 Å². The van der Waals surface area contributed by atoms with E-state index in [2.05, 4.69) is 5.32 Å². The van der Waals surface area contributed by atoms with Crippen LogP contribution in [0, 0.1) is 24.2 Å². The van der Waals surface area contributed by atoms with Crippen molar-refractivity contribution in [2.75, 3.05) is 11.9 Å². The molecule has 0 saturated carbocycles. The van der Waals surface area contributed by atoms with Crippen molar-refractivity contribution in [2.24, 2.45) is 5.92 Å². The summed E-state index contributed by atoms with van der Waals surface area (Å²) < 4.78 is 5.36. The van der Waals surface area contributed by atoms with E-state index in [1.54, 1.807) is 11.8 Å². The first kappa shape index (κ1) is 16.7. The van der Waals surface area contributed by atoms with Crippen LogP contribution in [-0.2, 0) is 9.59 Å². The average Bonchev–Trinajstić information content (AvgIpc) is 2.98. The molecule has 1 aromatic heterocycles. The Balaban J connectivity index is 2.19. The molecule has 23 heavy (non-hydrogen) atoms. The first-order valence-electron chi connectivity index (χ1n) is 7.41. The molecule has 122 valence electrons. The van der Waals surface area contributed by atoms with Crippen LogP contribution in [0.5, 0.6) is 0 Å². The van der Waals surface area contributed by atoms with E-state index in [1.165, 1.54) is 6.92 Å². The third-order valence-electron chi connectivity index (χ3n) is 3.94. The van der Waals surface area contributed by atoms with Gasteiger partial charge in [-0.25, -0.2) is 0 Å². The second-order valence-electron chi connectivity index (χ2n) is 5.94. The number of nitriles is 1. The van der Waals surface area contributed by atoms with Crippen LogP contribution in [-0.4, -0.2) is 35.1 Å². The Morgan fingerprint density at radius 2 is 2.09 bits per heavy atom. The van der Waals surface area contributed by atoms with E-state index in [-0.39, 0.29) is 52.8 Å². The lowest BCUT2D eigenvalue weighted by molar-refractivity contribution is -0.129. The summed E-state index contributed by atoms with van der Waals surface area (Å²) in [6.45, 7) is 7.01. The molecule has 1 aromatic rings. The number of nitrogens with one attached hydrogen (secondary N) is 1. The Morgan fingerprint density at radius 3 is 2.57 bits per heavy atom. The number of furan rings is 1. The molecule has 1 unspecified atom stereocenters. The molecular formula is C16H19N3O4. The molecule has 2 amide bonds. The van der Waals surface area contributed by atoms with Crippen LogP contribution >= 0.6 is 0 Å². The maximum atomic E-state index is 12.3. The minimum atomic E-state index is -0.498. The summed E-state index contributed by atoms with van der Waals surface area (Å²) in [5.74, 6) is -0.998. The predicted octanol–water partition coefficient (Wildman–Crippen LogP) is 1.86. The highest BCUT2D eigenvalue weighted by atomic mass is 16.4. The summed E-state index contributed by atoms with van der Waals surface area (Å²) >= 11 is 0. The number of carbonyl (C=O) groups excluding carboxylic acids is 3. The summed E-state index contributed by atoms with van der Waals surface area (Å²) in [5.41, 5.74) is 0.197. The molecule has 0 spiro atoms. The van der Waals surface area contributed by atoms with E-state index in [4.69, 9.17) is 4.42 Å². The van der Waals surface area contributed by atoms with Crippen LogP contribution < -0.4 is 5.32 Å². The first-order valence-corrected chi connectivity index (χ1v) is 7.41. The van der Waals surface area contributed by atoms with Crippen molar-refractivity contribution in [1.29, 1.82) is 5.26 Å². The number of hydrogen-bond acceptors (Lipinski definition) is 5. The maximum absolute atomic E-state index is 12.3. The quantitative estimate of drug-likeness (QED) is 0.854. The number of hydrogen-bond donors (Lipinski definition) is 1. The van der Waals surface area contributed by atoms with Crippen LogP contribution in [0.25, 0.3) is 0 Å². The van der Waals surface area contributed by atoms with Crippen molar-refractivity contribution in [2.45, 2.75) is 40.2 Å². The second kappa shape index (κ2) is 6.24. The number of likely N-dealkylation sites (tertiary alicyclic amines) is 1. The molecule has 1 atom stereocenters. The molecule has 1 fully saturated rings. The number of Topliss-reactive ketones (excluding diaryl/α,β-unsaturated/α-hetero) is 1. The second-order valence-corrected chi connectivity index (χ2v) is 5.94. The largest absolute Gasteiger partial charge is 0.443 e. The Bertz CT molecular complexity index is 712. The number of anilines is 1. The highest BCUT2D eigenvalue weighted by Gasteiger charge is 2.36. The molecule has 0 aromatic carbocycles. The Labute approximate surface area is 134 Å². The van der Waals surface area contributed by atoms with Gasteiger partial charge in [-0.2, -0.15) is 5.26 Å². The Hall–Kier alpha value is -2.62. The lowest BCUT2D eigenvalue weighted by Gasteiger charge is -2.20. The zero-order chi connectivity index (χ0) is 17.3. The first-order chi connectivity index (χ1) is 10.8. The van der Waals surface area contributed by atoms with E-state index in [9.17, 15) is 19.6 Å². The third kappa shape index (κ3) is 3.11. The fraction of sp³-hybridized carbons (Fsp3) is 0.500. The summed E-state index contributed by atoms with van der Waals surface area (Å²) in [5, 5.41) is 11.8. The van der Waals surface area contributed by atoms with Crippen molar-refractivity contribution >= 4 is 23.5 Å². The lowest BCUT2D eigenvalue weighted by Crippen LogP contribution is -2.33. The van der Waals surface area contributed by atoms with Crippen molar-refractivity contribution in [3.63, 3.8) is 0 Å². The summed E-state index contributed by atoms with van der Waals surface area (Å²) in [7, 11) is 0. The molecule has 2 rings (SSSR count). The van der Waals surface area contributed by atoms with E-state index >= 15 is 0 Å². The van der Waals surface area contributed by atoms with Crippen LogP contribution in [0.1, 0.15) is 48.9 Å². The minimum absolute atomic E-state index is 0.0217. The predicted molar refractivity (Wildman–Crippen MR) is 81.8 cm³/mol. The number of amides is 2. The monoisotopic (exact) mass is 317 g/mol. The van der Waals surface area contributed by atoms with Gasteiger partial charge in [-0.05, 0) is 27.7 Å². The number of rotatable bonds is 4. The van der Waals surface area contributed by atoms with Gasteiger partial charge in [-0.3, -0.25) is 19.7 Å². The van der Waals surface area contributed by atoms with Crippen molar-refractivity contribution < 1.29 is 18.8 Å². The SMILES string of the molecule is CC(=O)c1c(C)oc(NC(=O)C2CC(=O)N(C(C)C)C2)c1C#N. The highest BCUT2D eigenvalue weighted by molar-refractivity contribution is 6.02. The van der Waals surface area contributed by atoms with Crippen LogP contribution in [0.15, 0.2) is 4.42 Å². The number of carbonyl (C=O) groups is 3. The van der Waals surface area contributed by atoms with Gasteiger partial charge in [0.25, 0.3) is 0 Å². The topological polar surface area (TPSA) is 103 Å². The van der Waals surface area contributed by atoms with E-state index in [0.717, 1.165) is 0 Å². The van der Waals surface area contributed by atoms with E-state index < -0.39 is 5.92 Å². The van der Waals surface area contributed by atoms with Gasteiger partial charge < -0.3 is 9.32 Å². The molecule has 1 aliphatic rings. The summed E-state index contributed by atoms with van der Waals surface area (Å²) in [6, 6.07) is 1.92. The Morgan fingerprint density at radius 1 is 1.43 bits per heavy atom. The molecule has 0 radical (unpaired) electrons. The zero-order valence-electron chi connectivity index (χ0n) is 13.6. The van der Waals surface area contributed by atoms with Gasteiger partial charge in [0.2, 0.25) is 17.7 Å². The summed E-state index contributed by atoms with van der Waals surface area (Å²) in [4.78, 5) is 37.5. The molecule has 7 nitrogen and oxygen atoms in total. The maximum Gasteiger partial charge on any atom is 0.232 e. The van der Waals surface area contributed by atoms with E-state index in [0.29, 0.717) is 6.54 Å². The minimum Gasteiger partial charge on any atom is -0.443 e. The number of ketones is 1. The Kier molecular flexibility index (Phi) is 4.55. The average molecular weight is 317 g/mol. The molecule has 0 aliphatic carbocycles. The fourth-order valence-corrected chi connectivity index (χ4v) is 2.78. The van der Waals surface area contributed by atoms with E-state index in [1.807, 2.05) is 19.9 Å². The van der Waals surface area contributed by atoms with Gasteiger partial charge in [-0.1, -0.05) is 0 Å². The molecule has 1 N–H and O–H groups in total. The third-order valence-corrected chi connectivity index (χ3v) is 3.94. The van der Waals surface area contributed by atoms with Crippen molar-refractivity contribution in [1.82, 2.24) is 4.90 Å². The molecule has 1 aliphatic heterocycles. The van der Waals surface area contributed by atoms with Gasteiger partial charge in [0.05, 0.1) is 11.5 Å². The molecule has 2 heterocycles. The van der Waals surface area contributed by atoms with Crippen LogP contribution in [0.2, 0.25) is 0 Å². The lowest BCUT2D eigenvalue weighted by atomic mass is 10.1. The van der Waals surface area contributed by atoms with Gasteiger partial charge in [0.1, 0.15) is 17.4 Å². The molecular weight excluding hydrogens is 298 g/mol. The fourth-order valence-electron chi connectivity index (χ4n) is 2.78. The number of nitrogens with zero attached hydrogens (tertiary/aromatic N) is 2. The zero-order valence-corrected chi connectivity index (χ0v) is 13.6. The molecule has 0 bridgehead atoms. The smallest absolute Gasteiger partial charge is 0.232 e. The number of aryl methyl sites for hydroxylation is 1. The van der Waals surface area contributed by atoms with Gasteiger partial charge in [0.15, 0.2) is 5.78 Å². The van der Waals surface area contributed by atoms with Crippen molar-refractivity contribution in [3.8, 4) is 6.07 Å². The molecule has 7 heteroatoms. The molecule has 1 saturated heterocycles. The van der Waals surface area contributed by atoms with Gasteiger partial charge >= 0.3 is 0 Å². The normalized spacial score (nSPS) is 17.5. The standard InChI is InChI=1S/C16H19N3O4/c1-8(2)19-7-11(5-13(19)21)15(22)18-16-12(6-17)14(9(3)20)10(4)23-16/h8,11H,5,7H2,1-4H3,(H,18,22). The van der Waals surface area contributed by atoms with Crippen LogP contribution in [0.3, 0.4) is 0 Å². The van der Waals surface area contributed by atoms with Gasteiger partial charge in [-0.15, -0.1) is 0 Å².